The standard InChI is InChI=1S/C24H32O3/c1-2-3-4-5-6-7-8-9-13-19-27-22-18-14-17-21(24(25)26)23(22)20-15-11-10-12-16-20/h10-12,14-18H,2-9,13,19H2,1H3,(H,25,26). The number of hydrogen-bond donors (Lipinski definition) is 1. The van der Waals surface area contributed by atoms with E-state index in [0.29, 0.717) is 17.9 Å². The number of carboxylic acid groups (broad SMARTS) is 1. The topological polar surface area (TPSA) is 46.5 Å². The van der Waals surface area contributed by atoms with Crippen LogP contribution in [0.3, 0.4) is 0 Å². The normalized spacial score (nSPS) is 10.7. The molecule has 27 heavy (non-hydrogen) atoms. The summed E-state index contributed by atoms with van der Waals surface area (Å²) in [6.07, 6.45) is 11.4. The van der Waals surface area contributed by atoms with Crippen molar-refractivity contribution < 1.29 is 14.6 Å². The fraction of sp³-hybridized carbons (Fsp3) is 0.458. The molecule has 0 aliphatic rings. The molecule has 0 saturated heterocycles. The van der Waals surface area contributed by atoms with Crippen LogP contribution in [-0.2, 0) is 0 Å². The third kappa shape index (κ3) is 7.09. The monoisotopic (exact) mass is 368 g/mol. The van der Waals surface area contributed by atoms with Crippen LogP contribution in [-0.4, -0.2) is 17.7 Å². The number of ether oxygens (including phenoxy) is 1. The predicted octanol–water partition coefficient (Wildman–Crippen LogP) is 6.96. The van der Waals surface area contributed by atoms with Crippen molar-refractivity contribution in [3.8, 4) is 16.9 Å². The molecular formula is C24H32O3. The lowest BCUT2D eigenvalue weighted by Crippen LogP contribution is -2.04. The minimum atomic E-state index is -0.928. The van der Waals surface area contributed by atoms with Crippen LogP contribution >= 0.6 is 0 Å². The molecule has 0 saturated carbocycles. The first kappa shape index (κ1) is 21.0. The molecule has 3 heteroatoms. The van der Waals surface area contributed by atoms with Crippen LogP contribution in [0.5, 0.6) is 5.75 Å². The third-order valence-corrected chi connectivity index (χ3v) is 4.82. The molecule has 0 bridgehead atoms. The molecule has 0 radical (unpaired) electrons. The molecular weight excluding hydrogens is 336 g/mol. The number of aromatic carboxylic acids is 1. The van der Waals surface area contributed by atoms with Gasteiger partial charge in [0, 0.05) is 5.56 Å². The van der Waals surface area contributed by atoms with Crippen molar-refractivity contribution >= 4 is 5.97 Å². The Balaban J connectivity index is 1.84. The SMILES string of the molecule is CCCCCCCCCCCOc1cccc(C(=O)O)c1-c1ccccc1. The number of hydrogen-bond acceptors (Lipinski definition) is 2. The van der Waals surface area contributed by atoms with Gasteiger partial charge in [0.2, 0.25) is 0 Å². The number of rotatable bonds is 13. The molecule has 0 fully saturated rings. The van der Waals surface area contributed by atoms with Gasteiger partial charge in [-0.25, -0.2) is 4.79 Å². The summed E-state index contributed by atoms with van der Waals surface area (Å²) in [5, 5.41) is 9.54. The van der Waals surface area contributed by atoms with Crippen molar-refractivity contribution in [1.82, 2.24) is 0 Å². The zero-order chi connectivity index (χ0) is 19.3. The lowest BCUT2D eigenvalue weighted by molar-refractivity contribution is 0.0697. The molecule has 0 aromatic heterocycles. The maximum atomic E-state index is 11.6. The van der Waals surface area contributed by atoms with E-state index in [4.69, 9.17) is 4.74 Å². The smallest absolute Gasteiger partial charge is 0.336 e. The highest BCUT2D eigenvalue weighted by atomic mass is 16.5. The number of benzene rings is 2. The molecule has 0 unspecified atom stereocenters. The molecule has 0 aliphatic heterocycles. The van der Waals surface area contributed by atoms with E-state index in [1.54, 1.807) is 12.1 Å². The summed E-state index contributed by atoms with van der Waals surface area (Å²) < 4.78 is 5.98. The molecule has 0 amide bonds. The Morgan fingerprint density at radius 3 is 2.07 bits per heavy atom. The van der Waals surface area contributed by atoms with Crippen LogP contribution < -0.4 is 4.74 Å². The average molecular weight is 369 g/mol. The Hall–Kier alpha value is -2.29. The van der Waals surface area contributed by atoms with Gasteiger partial charge in [0.15, 0.2) is 0 Å². The summed E-state index contributed by atoms with van der Waals surface area (Å²) in [4.78, 5) is 11.6. The van der Waals surface area contributed by atoms with Gasteiger partial charge in [-0.15, -0.1) is 0 Å². The molecule has 0 spiro atoms. The molecule has 2 rings (SSSR count). The first-order chi connectivity index (χ1) is 13.2. The average Bonchev–Trinajstić information content (AvgIpc) is 2.69. The Labute approximate surface area is 163 Å². The molecule has 2 aromatic carbocycles. The van der Waals surface area contributed by atoms with Gasteiger partial charge in [0.1, 0.15) is 5.75 Å². The first-order valence-corrected chi connectivity index (χ1v) is 10.3. The largest absolute Gasteiger partial charge is 0.493 e. The van der Waals surface area contributed by atoms with Gasteiger partial charge >= 0.3 is 5.97 Å². The van der Waals surface area contributed by atoms with E-state index in [9.17, 15) is 9.90 Å². The molecule has 0 aliphatic carbocycles. The Bertz CT molecular complexity index is 679. The van der Waals surface area contributed by atoms with Crippen LogP contribution in [0.25, 0.3) is 11.1 Å². The van der Waals surface area contributed by atoms with Crippen LogP contribution in [0.15, 0.2) is 48.5 Å². The minimum absolute atomic E-state index is 0.283. The quantitative estimate of drug-likeness (QED) is 0.389. The van der Waals surface area contributed by atoms with E-state index < -0.39 is 5.97 Å². The maximum absolute atomic E-state index is 11.6. The van der Waals surface area contributed by atoms with Crippen LogP contribution in [0.4, 0.5) is 0 Å². The van der Waals surface area contributed by atoms with E-state index in [0.717, 1.165) is 18.4 Å². The van der Waals surface area contributed by atoms with Gasteiger partial charge in [0.25, 0.3) is 0 Å². The highest BCUT2D eigenvalue weighted by molar-refractivity contribution is 5.98. The second kappa shape index (κ2) is 12.2. The van der Waals surface area contributed by atoms with E-state index in [1.807, 2.05) is 36.4 Å². The van der Waals surface area contributed by atoms with Gasteiger partial charge in [0.05, 0.1) is 12.2 Å². The molecule has 0 atom stereocenters. The van der Waals surface area contributed by atoms with Gasteiger partial charge in [-0.3, -0.25) is 0 Å². The fourth-order valence-corrected chi connectivity index (χ4v) is 3.33. The lowest BCUT2D eigenvalue weighted by atomic mass is 9.98. The molecule has 2 aromatic rings. The third-order valence-electron chi connectivity index (χ3n) is 4.82. The van der Waals surface area contributed by atoms with Gasteiger partial charge in [-0.1, -0.05) is 94.7 Å². The zero-order valence-corrected chi connectivity index (χ0v) is 16.5. The van der Waals surface area contributed by atoms with Gasteiger partial charge < -0.3 is 9.84 Å². The molecule has 1 N–H and O–H groups in total. The molecule has 3 nitrogen and oxygen atoms in total. The second-order valence-corrected chi connectivity index (χ2v) is 7.03. The summed E-state index contributed by atoms with van der Waals surface area (Å²) in [6.45, 7) is 2.87. The zero-order valence-electron chi connectivity index (χ0n) is 16.5. The van der Waals surface area contributed by atoms with Crippen molar-refractivity contribution in [3.63, 3.8) is 0 Å². The summed E-state index contributed by atoms with van der Waals surface area (Å²) in [5.41, 5.74) is 1.82. The number of unbranched alkanes of at least 4 members (excludes halogenated alkanes) is 8. The summed E-state index contributed by atoms with van der Waals surface area (Å²) in [5.74, 6) is -0.275. The Morgan fingerprint density at radius 1 is 0.815 bits per heavy atom. The first-order valence-electron chi connectivity index (χ1n) is 10.3. The number of carbonyl (C=O) groups is 1. The molecule has 0 heterocycles. The predicted molar refractivity (Wildman–Crippen MR) is 112 cm³/mol. The maximum Gasteiger partial charge on any atom is 0.336 e. The second-order valence-electron chi connectivity index (χ2n) is 7.03. The summed E-state index contributed by atoms with van der Waals surface area (Å²) in [7, 11) is 0. The van der Waals surface area contributed by atoms with Crippen LogP contribution in [0, 0.1) is 0 Å². The van der Waals surface area contributed by atoms with Crippen molar-refractivity contribution in [2.45, 2.75) is 64.7 Å². The van der Waals surface area contributed by atoms with Gasteiger partial charge in [-0.2, -0.15) is 0 Å². The highest BCUT2D eigenvalue weighted by Crippen LogP contribution is 2.33. The summed E-state index contributed by atoms with van der Waals surface area (Å²) in [6, 6.07) is 14.9. The van der Waals surface area contributed by atoms with Crippen molar-refractivity contribution in [3.05, 3.63) is 54.1 Å². The number of carboxylic acids is 1. The van der Waals surface area contributed by atoms with Crippen molar-refractivity contribution in [1.29, 1.82) is 0 Å². The van der Waals surface area contributed by atoms with Crippen LogP contribution in [0.1, 0.15) is 75.1 Å². The minimum Gasteiger partial charge on any atom is -0.493 e. The Morgan fingerprint density at radius 2 is 1.44 bits per heavy atom. The van der Waals surface area contributed by atoms with Crippen LogP contribution in [0.2, 0.25) is 0 Å². The van der Waals surface area contributed by atoms with Crippen molar-refractivity contribution in [2.75, 3.05) is 6.61 Å². The van der Waals surface area contributed by atoms with E-state index in [-0.39, 0.29) is 5.56 Å². The Kier molecular flexibility index (Phi) is 9.47. The van der Waals surface area contributed by atoms with Gasteiger partial charge in [-0.05, 0) is 24.1 Å². The lowest BCUT2D eigenvalue weighted by Gasteiger charge is -2.14. The fourth-order valence-electron chi connectivity index (χ4n) is 3.33. The summed E-state index contributed by atoms with van der Waals surface area (Å²) >= 11 is 0. The highest BCUT2D eigenvalue weighted by Gasteiger charge is 2.16. The molecule has 146 valence electrons. The van der Waals surface area contributed by atoms with Crippen molar-refractivity contribution in [2.24, 2.45) is 0 Å². The van der Waals surface area contributed by atoms with E-state index >= 15 is 0 Å². The van der Waals surface area contributed by atoms with E-state index in [2.05, 4.69) is 6.92 Å². The van der Waals surface area contributed by atoms with E-state index in [1.165, 1.54) is 44.9 Å².